The fourth-order valence-electron chi connectivity index (χ4n) is 4.49. The highest BCUT2D eigenvalue weighted by atomic mass is 16.5. The summed E-state index contributed by atoms with van der Waals surface area (Å²) in [6.07, 6.45) is 0.994. The van der Waals surface area contributed by atoms with Crippen LogP contribution in [0.3, 0.4) is 0 Å². The van der Waals surface area contributed by atoms with Gasteiger partial charge in [0.05, 0.1) is 25.4 Å². The number of carbonyl (C=O) groups is 1. The van der Waals surface area contributed by atoms with Gasteiger partial charge >= 0.3 is 0 Å². The number of ether oxygens (including phenoxy) is 3. The van der Waals surface area contributed by atoms with Crippen LogP contribution in [0.2, 0.25) is 0 Å². The van der Waals surface area contributed by atoms with Gasteiger partial charge in [-0.2, -0.15) is 0 Å². The predicted octanol–water partition coefficient (Wildman–Crippen LogP) is 4.94. The van der Waals surface area contributed by atoms with E-state index in [0.29, 0.717) is 29.5 Å². The topological polar surface area (TPSA) is 105 Å². The second kappa shape index (κ2) is 12.0. The van der Waals surface area contributed by atoms with Crippen LogP contribution in [0.5, 0.6) is 17.2 Å². The second-order valence-electron chi connectivity index (χ2n) is 9.01. The first-order valence-electron chi connectivity index (χ1n) is 11.7. The molecule has 0 fully saturated rings. The number of aromatic hydroxyl groups is 3. The van der Waals surface area contributed by atoms with E-state index in [-0.39, 0.29) is 48.4 Å². The van der Waals surface area contributed by atoms with Crippen LogP contribution in [0.4, 0.5) is 0 Å². The lowest BCUT2D eigenvalue weighted by Crippen LogP contribution is -2.04. The number of carbonyl (C=O) groups excluding carboxylic acids is 1. The zero-order valence-corrected chi connectivity index (χ0v) is 21.5. The zero-order chi connectivity index (χ0) is 26.4. The fraction of sp³-hybridized carbons (Fsp3) is 0.345. The van der Waals surface area contributed by atoms with Crippen LogP contribution >= 0.6 is 0 Å². The number of phenolic OH excluding ortho intramolecular Hbond substituents is 3. The Morgan fingerprint density at radius 1 is 0.667 bits per heavy atom. The van der Waals surface area contributed by atoms with Crippen molar-refractivity contribution in [3.8, 4) is 17.2 Å². The van der Waals surface area contributed by atoms with E-state index >= 15 is 0 Å². The predicted molar refractivity (Wildman–Crippen MR) is 137 cm³/mol. The molecule has 0 spiro atoms. The normalized spacial score (nSPS) is 11.1. The second-order valence-corrected chi connectivity index (χ2v) is 9.01. The summed E-state index contributed by atoms with van der Waals surface area (Å²) in [6.45, 7) is 4.13. The SMILES string of the molecule is COCc1cc(Cc2cc(O)cc(Cc3cc(COC)c(O)c(C(C)=O)c3)c2C)cc(COC)c1O. The lowest BCUT2D eigenvalue weighted by Gasteiger charge is -2.17. The Kier molecular flexibility index (Phi) is 9.09. The highest BCUT2D eigenvalue weighted by Crippen LogP contribution is 2.32. The number of benzene rings is 3. The minimum Gasteiger partial charge on any atom is -0.508 e. The summed E-state index contributed by atoms with van der Waals surface area (Å²) in [5, 5.41) is 31.5. The fourth-order valence-corrected chi connectivity index (χ4v) is 4.49. The standard InChI is InChI=1S/C29H34O7/c1-17-21(6-19-8-23(14-34-3)28(32)24(9-19)15-35-4)12-26(31)13-22(17)7-20-10-25(16-36-5)29(33)27(11-20)18(2)30/h8-13,31-33H,6-7,14-16H2,1-5H3. The average Bonchev–Trinajstić information content (AvgIpc) is 2.82. The van der Waals surface area contributed by atoms with Gasteiger partial charge in [-0.1, -0.05) is 0 Å². The Bertz CT molecular complexity index is 1220. The van der Waals surface area contributed by atoms with E-state index < -0.39 is 0 Å². The third-order valence-electron chi connectivity index (χ3n) is 6.25. The maximum atomic E-state index is 12.1. The molecule has 0 bridgehead atoms. The van der Waals surface area contributed by atoms with E-state index in [2.05, 4.69) is 0 Å². The van der Waals surface area contributed by atoms with E-state index in [0.717, 1.165) is 27.8 Å². The van der Waals surface area contributed by atoms with Crippen LogP contribution < -0.4 is 0 Å². The van der Waals surface area contributed by atoms with Gasteiger partial charge in [0.15, 0.2) is 5.78 Å². The van der Waals surface area contributed by atoms with Crippen molar-refractivity contribution in [2.45, 2.75) is 46.5 Å². The molecule has 7 nitrogen and oxygen atoms in total. The minimum absolute atomic E-state index is 0.0625. The molecule has 0 aromatic heterocycles. The molecule has 0 radical (unpaired) electrons. The Morgan fingerprint density at radius 2 is 1.08 bits per heavy atom. The van der Waals surface area contributed by atoms with Crippen molar-refractivity contribution in [2.24, 2.45) is 0 Å². The third-order valence-corrected chi connectivity index (χ3v) is 6.25. The smallest absolute Gasteiger partial charge is 0.163 e. The molecule has 3 N–H and O–H groups in total. The molecule has 3 rings (SSSR count). The molecule has 192 valence electrons. The van der Waals surface area contributed by atoms with Gasteiger partial charge < -0.3 is 29.5 Å². The van der Waals surface area contributed by atoms with Crippen molar-refractivity contribution >= 4 is 5.78 Å². The zero-order valence-electron chi connectivity index (χ0n) is 21.5. The molecule has 0 atom stereocenters. The van der Waals surface area contributed by atoms with Crippen LogP contribution in [0, 0.1) is 6.92 Å². The van der Waals surface area contributed by atoms with Gasteiger partial charge in [-0.05, 0) is 90.9 Å². The quantitative estimate of drug-likeness (QED) is 0.324. The molecule has 0 saturated carbocycles. The molecule has 3 aromatic carbocycles. The van der Waals surface area contributed by atoms with E-state index in [1.54, 1.807) is 32.4 Å². The van der Waals surface area contributed by atoms with Crippen LogP contribution in [-0.4, -0.2) is 42.4 Å². The third kappa shape index (κ3) is 6.23. The van der Waals surface area contributed by atoms with E-state index in [1.165, 1.54) is 14.0 Å². The summed E-state index contributed by atoms with van der Waals surface area (Å²) in [4.78, 5) is 12.1. The lowest BCUT2D eigenvalue weighted by atomic mass is 9.90. The summed E-state index contributed by atoms with van der Waals surface area (Å²) in [6, 6.07) is 10.8. The van der Waals surface area contributed by atoms with Gasteiger partial charge in [0.2, 0.25) is 0 Å². The maximum absolute atomic E-state index is 12.1. The van der Waals surface area contributed by atoms with Crippen LogP contribution in [0.1, 0.15) is 61.8 Å². The summed E-state index contributed by atoms with van der Waals surface area (Å²) >= 11 is 0. The van der Waals surface area contributed by atoms with Crippen molar-refractivity contribution in [3.63, 3.8) is 0 Å². The van der Waals surface area contributed by atoms with Crippen molar-refractivity contribution in [3.05, 3.63) is 86.5 Å². The van der Waals surface area contributed by atoms with Gasteiger partial charge in [0.25, 0.3) is 0 Å². The van der Waals surface area contributed by atoms with Crippen LogP contribution in [0.25, 0.3) is 0 Å². The number of methoxy groups -OCH3 is 3. The Hall–Kier alpha value is -3.39. The van der Waals surface area contributed by atoms with Gasteiger partial charge in [0, 0.05) is 38.0 Å². The van der Waals surface area contributed by atoms with E-state index in [4.69, 9.17) is 14.2 Å². The largest absolute Gasteiger partial charge is 0.508 e. The van der Waals surface area contributed by atoms with Crippen molar-refractivity contribution in [2.75, 3.05) is 21.3 Å². The number of hydrogen-bond acceptors (Lipinski definition) is 7. The number of phenols is 3. The molecule has 0 saturated heterocycles. The molecule has 36 heavy (non-hydrogen) atoms. The molecule has 0 aliphatic rings. The molecule has 0 heterocycles. The molecule has 7 heteroatoms. The Morgan fingerprint density at radius 3 is 1.50 bits per heavy atom. The molecule has 0 aliphatic carbocycles. The van der Waals surface area contributed by atoms with Gasteiger partial charge in [-0.25, -0.2) is 0 Å². The first kappa shape index (κ1) is 27.2. The van der Waals surface area contributed by atoms with Gasteiger partial charge in [-0.15, -0.1) is 0 Å². The van der Waals surface area contributed by atoms with Crippen LogP contribution in [-0.2, 0) is 46.9 Å². The Balaban J connectivity index is 2.01. The summed E-state index contributed by atoms with van der Waals surface area (Å²) in [5.74, 6) is 0.0103. The number of rotatable bonds is 11. The molecular formula is C29H34O7. The van der Waals surface area contributed by atoms with Gasteiger partial charge in [0.1, 0.15) is 17.2 Å². The van der Waals surface area contributed by atoms with Crippen molar-refractivity contribution in [1.82, 2.24) is 0 Å². The number of Topliss-reactive ketones (excluding diaryl/α,β-unsaturated/α-hetero) is 1. The average molecular weight is 495 g/mol. The van der Waals surface area contributed by atoms with Crippen molar-refractivity contribution < 1.29 is 34.3 Å². The van der Waals surface area contributed by atoms with E-state index in [1.807, 2.05) is 25.1 Å². The molecule has 0 aliphatic heterocycles. The summed E-state index contributed by atoms with van der Waals surface area (Å²) < 4.78 is 15.7. The van der Waals surface area contributed by atoms with Crippen LogP contribution in [0.15, 0.2) is 36.4 Å². The lowest BCUT2D eigenvalue weighted by molar-refractivity contribution is 0.101. The first-order chi connectivity index (χ1) is 17.2. The Labute approximate surface area is 211 Å². The molecule has 0 amide bonds. The van der Waals surface area contributed by atoms with Crippen molar-refractivity contribution in [1.29, 1.82) is 0 Å². The van der Waals surface area contributed by atoms with E-state index in [9.17, 15) is 20.1 Å². The summed E-state index contributed by atoms with van der Waals surface area (Å²) in [7, 11) is 4.68. The van der Waals surface area contributed by atoms with Gasteiger partial charge in [-0.3, -0.25) is 4.79 Å². The molecular weight excluding hydrogens is 460 g/mol. The number of ketones is 1. The maximum Gasteiger partial charge on any atom is 0.163 e. The highest BCUT2D eigenvalue weighted by molar-refractivity contribution is 5.97. The minimum atomic E-state index is -0.230. The number of hydrogen-bond donors (Lipinski definition) is 3. The molecule has 3 aromatic rings. The molecule has 0 unspecified atom stereocenters. The summed E-state index contributed by atoms with van der Waals surface area (Å²) in [5.41, 5.74) is 6.77. The monoisotopic (exact) mass is 494 g/mol. The first-order valence-corrected chi connectivity index (χ1v) is 11.7. The highest BCUT2D eigenvalue weighted by Gasteiger charge is 2.17.